The van der Waals surface area contributed by atoms with Gasteiger partial charge in [-0.3, -0.25) is 0 Å². The molecule has 0 aliphatic rings. The Kier molecular flexibility index (Phi) is 9.59. The minimum absolute atomic E-state index is 0. The molecule has 1 rings (SSSR count). The second kappa shape index (κ2) is 6.92. The predicted octanol–water partition coefficient (Wildman–Crippen LogP) is 2.70. The van der Waals surface area contributed by atoms with Crippen LogP contribution in [0.2, 0.25) is 0 Å². The van der Waals surface area contributed by atoms with E-state index in [0.29, 0.717) is 0 Å². The van der Waals surface area contributed by atoms with Crippen molar-refractivity contribution in [3.05, 3.63) is 42.2 Å². The summed E-state index contributed by atoms with van der Waals surface area (Å²) in [6, 6.07) is 10.5. The van der Waals surface area contributed by atoms with Crippen molar-refractivity contribution in [3.63, 3.8) is 0 Å². The monoisotopic (exact) mass is 259 g/mol. The fraction of sp³-hybridized carbons (Fsp3) is 0. The molecule has 0 N–H and O–H groups in total. The van der Waals surface area contributed by atoms with Crippen molar-refractivity contribution in [2.24, 2.45) is 0 Å². The molecule has 1 radical (unpaired) electrons. The van der Waals surface area contributed by atoms with Crippen LogP contribution in [-0.4, -0.2) is 0 Å². The molecule has 0 saturated heterocycles. The molecule has 9 heavy (non-hydrogen) atoms. The molecule has 47 valence electrons. The first-order valence-electron chi connectivity index (χ1n) is 2.01. The van der Waals surface area contributed by atoms with Crippen LogP contribution in [0.1, 0.15) is 0 Å². The maximum absolute atomic E-state index is 3.29. The zero-order chi connectivity index (χ0) is 5.11. The molecule has 0 bridgehead atoms. The van der Waals surface area contributed by atoms with Crippen LogP contribution in [0, 0.1) is 13.5 Å². The van der Waals surface area contributed by atoms with Gasteiger partial charge in [0.2, 0.25) is 0 Å². The van der Waals surface area contributed by atoms with Crippen LogP contribution in [0.15, 0.2) is 28.7 Å². The standard InChI is InChI=1S/C6H4Br.CH3.Y/c7-6-4-2-1-3-5-6;;/h2-5H;1H3;/q2*-1;. The third-order valence-electron chi connectivity index (χ3n) is 0.678. The number of hydrogen-bond acceptors (Lipinski definition) is 0. The summed E-state index contributed by atoms with van der Waals surface area (Å²) in [5.41, 5.74) is 0. The van der Waals surface area contributed by atoms with E-state index in [-0.39, 0.29) is 40.1 Å². The molecule has 0 aliphatic heterocycles. The third kappa shape index (κ3) is 5.26. The zero-order valence-electron chi connectivity index (χ0n) is 5.26. The Morgan fingerprint density at radius 2 is 1.67 bits per heavy atom. The van der Waals surface area contributed by atoms with E-state index in [9.17, 15) is 0 Å². The minimum atomic E-state index is 0. The summed E-state index contributed by atoms with van der Waals surface area (Å²) in [6.07, 6.45) is 0. The molecule has 0 spiro atoms. The van der Waals surface area contributed by atoms with Crippen molar-refractivity contribution in [3.8, 4) is 0 Å². The first kappa shape index (κ1) is 12.5. The first-order chi connectivity index (χ1) is 3.39. The van der Waals surface area contributed by atoms with E-state index in [1.807, 2.05) is 24.3 Å². The maximum Gasteiger partial charge on any atom is 0 e. The van der Waals surface area contributed by atoms with Gasteiger partial charge in [-0.25, -0.2) is 0 Å². The fourth-order valence-electron chi connectivity index (χ4n) is 0.367. The molecule has 0 unspecified atom stereocenters. The SMILES string of the molecule is Brc1cc[c-]cc1.[CH3-].[Y]. The van der Waals surface area contributed by atoms with Gasteiger partial charge in [0, 0.05) is 32.7 Å². The molecule has 0 saturated carbocycles. The minimum Gasteiger partial charge on any atom is -0.358 e. The van der Waals surface area contributed by atoms with E-state index >= 15 is 0 Å². The summed E-state index contributed by atoms with van der Waals surface area (Å²) in [4.78, 5) is 0. The van der Waals surface area contributed by atoms with Gasteiger partial charge in [0.05, 0.1) is 0 Å². The Balaban J connectivity index is 0. The van der Waals surface area contributed by atoms with Gasteiger partial charge in [-0.1, -0.05) is 20.4 Å². The van der Waals surface area contributed by atoms with Crippen LogP contribution >= 0.6 is 15.9 Å². The molecule has 0 heterocycles. The van der Waals surface area contributed by atoms with E-state index in [0.717, 1.165) is 4.47 Å². The van der Waals surface area contributed by atoms with Crippen LogP contribution in [0.4, 0.5) is 0 Å². The Labute approximate surface area is 90.1 Å². The summed E-state index contributed by atoms with van der Waals surface area (Å²) < 4.78 is 1.10. The summed E-state index contributed by atoms with van der Waals surface area (Å²) in [7, 11) is 0. The number of halogens is 1. The summed E-state index contributed by atoms with van der Waals surface area (Å²) in [5, 5.41) is 0. The van der Waals surface area contributed by atoms with Gasteiger partial charge in [-0.2, -0.15) is 30.3 Å². The Morgan fingerprint density at radius 3 is 1.89 bits per heavy atom. The molecule has 0 fully saturated rings. The molecular weight excluding hydrogens is 253 g/mol. The van der Waals surface area contributed by atoms with Crippen molar-refractivity contribution in [1.82, 2.24) is 0 Å². The van der Waals surface area contributed by atoms with Gasteiger partial charge < -0.3 is 7.43 Å². The number of rotatable bonds is 0. The van der Waals surface area contributed by atoms with Gasteiger partial charge >= 0.3 is 0 Å². The molecule has 0 amide bonds. The molecule has 0 nitrogen and oxygen atoms in total. The molecule has 1 aromatic rings. The molecule has 0 aromatic heterocycles. The van der Waals surface area contributed by atoms with Gasteiger partial charge in [0.25, 0.3) is 0 Å². The predicted molar refractivity (Wildman–Crippen MR) is 39.4 cm³/mol. The third-order valence-corrected chi connectivity index (χ3v) is 1.21. The van der Waals surface area contributed by atoms with Crippen LogP contribution in [-0.2, 0) is 32.7 Å². The van der Waals surface area contributed by atoms with Crippen molar-refractivity contribution >= 4 is 15.9 Å². The van der Waals surface area contributed by atoms with Crippen molar-refractivity contribution in [2.45, 2.75) is 0 Å². The normalized spacial score (nSPS) is 6.78. The van der Waals surface area contributed by atoms with Crippen molar-refractivity contribution in [1.29, 1.82) is 0 Å². The van der Waals surface area contributed by atoms with Crippen LogP contribution in [0.5, 0.6) is 0 Å². The number of benzene rings is 1. The van der Waals surface area contributed by atoms with Gasteiger partial charge in [0.15, 0.2) is 0 Å². The summed E-state index contributed by atoms with van der Waals surface area (Å²) in [6.45, 7) is 0. The first-order valence-corrected chi connectivity index (χ1v) is 2.80. The van der Waals surface area contributed by atoms with Gasteiger partial charge in [-0.15, -0.1) is 0 Å². The van der Waals surface area contributed by atoms with E-state index in [1.165, 1.54) is 0 Å². The summed E-state index contributed by atoms with van der Waals surface area (Å²) in [5.74, 6) is 0. The van der Waals surface area contributed by atoms with Crippen LogP contribution in [0.3, 0.4) is 0 Å². The zero-order valence-corrected chi connectivity index (χ0v) is 9.69. The smallest absolute Gasteiger partial charge is 0 e. The van der Waals surface area contributed by atoms with E-state index < -0.39 is 0 Å². The molecule has 1 aromatic carbocycles. The molecular formula is C7H7BrY-2. The maximum atomic E-state index is 3.29. The van der Waals surface area contributed by atoms with Gasteiger partial charge in [0.1, 0.15) is 0 Å². The van der Waals surface area contributed by atoms with Crippen LogP contribution < -0.4 is 0 Å². The largest absolute Gasteiger partial charge is 0.358 e. The average molecular weight is 260 g/mol. The Morgan fingerprint density at radius 1 is 1.22 bits per heavy atom. The molecule has 2 heteroatoms. The Hall–Kier alpha value is 0.804. The number of hydrogen-bond donors (Lipinski definition) is 0. The summed E-state index contributed by atoms with van der Waals surface area (Å²) >= 11 is 3.29. The fourth-order valence-corrected chi connectivity index (χ4v) is 0.631. The van der Waals surface area contributed by atoms with E-state index in [1.54, 1.807) is 0 Å². The molecule has 0 aliphatic carbocycles. The van der Waals surface area contributed by atoms with Gasteiger partial charge in [-0.05, 0) is 0 Å². The van der Waals surface area contributed by atoms with Crippen LogP contribution in [0.25, 0.3) is 0 Å². The van der Waals surface area contributed by atoms with E-state index in [2.05, 4.69) is 22.0 Å². The second-order valence-corrected chi connectivity index (χ2v) is 2.13. The van der Waals surface area contributed by atoms with Crippen molar-refractivity contribution < 1.29 is 32.7 Å². The quantitative estimate of drug-likeness (QED) is 0.629. The second-order valence-electron chi connectivity index (χ2n) is 1.22. The van der Waals surface area contributed by atoms with Crippen molar-refractivity contribution in [2.75, 3.05) is 0 Å². The van der Waals surface area contributed by atoms with E-state index in [4.69, 9.17) is 0 Å². The Bertz CT molecular complexity index is 139. The average Bonchev–Trinajstić information content (AvgIpc) is 1.69. The topological polar surface area (TPSA) is 0 Å². The molecule has 0 atom stereocenters.